The number of fused-ring (bicyclic) bond motifs is 1. The summed E-state index contributed by atoms with van der Waals surface area (Å²) >= 11 is 0. The van der Waals surface area contributed by atoms with Crippen LogP contribution >= 0.6 is 0 Å². The smallest absolute Gasteiger partial charge is 0.241 e. The lowest BCUT2D eigenvalue weighted by Crippen LogP contribution is -2.36. The molecule has 0 bridgehead atoms. The Balaban J connectivity index is 2.14. The number of nitrogens with zero attached hydrogens (tertiary/aromatic N) is 1. The van der Waals surface area contributed by atoms with Crippen LogP contribution in [0, 0.1) is 5.92 Å². The Bertz CT molecular complexity index is 547. The molecule has 1 amide bonds. The number of amides is 1. The van der Waals surface area contributed by atoms with Gasteiger partial charge in [-0.05, 0) is 18.4 Å². The van der Waals surface area contributed by atoms with Gasteiger partial charge in [0.2, 0.25) is 5.91 Å². The van der Waals surface area contributed by atoms with Crippen LogP contribution < -0.4 is 11.1 Å². The molecule has 0 aliphatic carbocycles. The zero-order chi connectivity index (χ0) is 13.1. The van der Waals surface area contributed by atoms with Gasteiger partial charge in [0.15, 0.2) is 0 Å². The molecule has 0 aliphatic heterocycles. The predicted octanol–water partition coefficient (Wildman–Crippen LogP) is 1.87. The molecular formula is C13H18N4O. The van der Waals surface area contributed by atoms with Crippen molar-refractivity contribution in [1.29, 1.82) is 0 Å². The van der Waals surface area contributed by atoms with Gasteiger partial charge in [0.1, 0.15) is 0 Å². The molecule has 0 fully saturated rings. The van der Waals surface area contributed by atoms with Crippen LogP contribution in [0.5, 0.6) is 0 Å². The van der Waals surface area contributed by atoms with Crippen LogP contribution in [-0.4, -0.2) is 22.1 Å². The van der Waals surface area contributed by atoms with E-state index in [1.54, 1.807) is 6.20 Å². The fourth-order valence-corrected chi connectivity index (χ4v) is 1.91. The Morgan fingerprint density at radius 2 is 2.28 bits per heavy atom. The topological polar surface area (TPSA) is 83.8 Å². The van der Waals surface area contributed by atoms with E-state index in [4.69, 9.17) is 5.73 Å². The van der Waals surface area contributed by atoms with Gasteiger partial charge in [0.25, 0.3) is 0 Å². The highest BCUT2D eigenvalue weighted by molar-refractivity contribution is 6.02. The highest BCUT2D eigenvalue weighted by Crippen LogP contribution is 2.20. The molecule has 1 aromatic heterocycles. The number of nitrogens with two attached hydrogens (primary N) is 1. The predicted molar refractivity (Wildman–Crippen MR) is 72.2 cm³/mol. The Hall–Kier alpha value is -1.88. The number of aromatic amines is 1. The van der Waals surface area contributed by atoms with Crippen LogP contribution in [0.1, 0.15) is 20.3 Å². The number of hydrogen-bond donors (Lipinski definition) is 3. The average molecular weight is 246 g/mol. The van der Waals surface area contributed by atoms with Gasteiger partial charge >= 0.3 is 0 Å². The molecule has 2 aromatic rings. The first-order valence-corrected chi connectivity index (χ1v) is 6.06. The minimum atomic E-state index is -0.483. The summed E-state index contributed by atoms with van der Waals surface area (Å²) in [6.07, 6.45) is 2.39. The molecule has 4 N–H and O–H groups in total. The van der Waals surface area contributed by atoms with E-state index in [1.807, 2.05) is 32.0 Å². The average Bonchev–Trinajstić information content (AvgIpc) is 2.77. The quantitative estimate of drug-likeness (QED) is 0.770. The lowest BCUT2D eigenvalue weighted by atomic mass is 10.0. The lowest BCUT2D eigenvalue weighted by molar-refractivity contribution is -0.117. The van der Waals surface area contributed by atoms with Gasteiger partial charge in [-0.2, -0.15) is 5.10 Å². The molecular weight excluding hydrogens is 228 g/mol. The van der Waals surface area contributed by atoms with E-state index in [9.17, 15) is 4.79 Å². The third kappa shape index (κ3) is 2.68. The fraction of sp³-hybridized carbons (Fsp3) is 0.385. The molecule has 5 heteroatoms. The molecule has 0 unspecified atom stereocenters. The van der Waals surface area contributed by atoms with Gasteiger partial charge < -0.3 is 11.1 Å². The van der Waals surface area contributed by atoms with Gasteiger partial charge in [0.05, 0.1) is 23.4 Å². The highest BCUT2D eigenvalue weighted by Gasteiger charge is 2.16. The number of aromatic nitrogens is 2. The van der Waals surface area contributed by atoms with Gasteiger partial charge in [-0.3, -0.25) is 9.89 Å². The molecule has 1 atom stereocenters. The summed E-state index contributed by atoms with van der Waals surface area (Å²) in [4.78, 5) is 11.9. The summed E-state index contributed by atoms with van der Waals surface area (Å²) in [6, 6.07) is 5.16. The number of hydrogen-bond acceptors (Lipinski definition) is 3. The second kappa shape index (κ2) is 5.18. The first-order chi connectivity index (χ1) is 8.58. The van der Waals surface area contributed by atoms with Crippen molar-refractivity contribution in [3.63, 3.8) is 0 Å². The molecule has 0 radical (unpaired) electrons. The molecule has 1 aromatic carbocycles. The Morgan fingerprint density at radius 1 is 1.50 bits per heavy atom. The molecule has 5 nitrogen and oxygen atoms in total. The minimum absolute atomic E-state index is 0.161. The number of benzene rings is 1. The molecule has 2 rings (SSSR count). The van der Waals surface area contributed by atoms with Crippen molar-refractivity contribution in [1.82, 2.24) is 10.2 Å². The molecule has 96 valence electrons. The summed E-state index contributed by atoms with van der Waals surface area (Å²) in [5.41, 5.74) is 7.39. The van der Waals surface area contributed by atoms with Crippen molar-refractivity contribution in [3.05, 3.63) is 24.4 Å². The third-order valence-corrected chi connectivity index (χ3v) is 2.80. The maximum Gasteiger partial charge on any atom is 0.241 e. The minimum Gasteiger partial charge on any atom is -0.323 e. The van der Waals surface area contributed by atoms with E-state index in [1.165, 1.54) is 0 Å². The van der Waals surface area contributed by atoms with Crippen molar-refractivity contribution < 1.29 is 4.79 Å². The van der Waals surface area contributed by atoms with E-state index < -0.39 is 6.04 Å². The van der Waals surface area contributed by atoms with E-state index >= 15 is 0 Å². The number of H-pyrrole nitrogens is 1. The Morgan fingerprint density at radius 3 is 3.00 bits per heavy atom. The summed E-state index contributed by atoms with van der Waals surface area (Å²) < 4.78 is 0. The van der Waals surface area contributed by atoms with Crippen molar-refractivity contribution in [2.24, 2.45) is 11.7 Å². The van der Waals surface area contributed by atoms with Crippen LogP contribution in [0.15, 0.2) is 24.4 Å². The third-order valence-electron chi connectivity index (χ3n) is 2.80. The monoisotopic (exact) mass is 246 g/mol. The number of nitrogens with one attached hydrogen (secondary N) is 2. The molecule has 0 saturated carbocycles. The number of carbonyl (C=O) groups is 1. The van der Waals surface area contributed by atoms with Crippen LogP contribution in [0.2, 0.25) is 0 Å². The second-order valence-electron chi connectivity index (χ2n) is 4.87. The van der Waals surface area contributed by atoms with Crippen molar-refractivity contribution in [2.45, 2.75) is 26.3 Å². The number of carbonyl (C=O) groups excluding carboxylic acids is 1. The fourth-order valence-electron chi connectivity index (χ4n) is 1.91. The van der Waals surface area contributed by atoms with E-state index in [0.29, 0.717) is 18.0 Å². The SMILES string of the molecule is CC(C)C[C@H](N)C(=O)Nc1cccc2cn[nH]c12. The van der Waals surface area contributed by atoms with Gasteiger partial charge in [-0.25, -0.2) is 0 Å². The number of rotatable bonds is 4. The summed E-state index contributed by atoms with van der Waals surface area (Å²) in [7, 11) is 0. The van der Waals surface area contributed by atoms with Crippen LogP contribution in [0.4, 0.5) is 5.69 Å². The lowest BCUT2D eigenvalue weighted by Gasteiger charge is -2.14. The van der Waals surface area contributed by atoms with E-state index in [2.05, 4.69) is 15.5 Å². The zero-order valence-corrected chi connectivity index (χ0v) is 10.6. The maximum atomic E-state index is 11.9. The maximum absolute atomic E-state index is 11.9. The standard InChI is InChI=1S/C13H18N4O/c1-8(2)6-10(14)13(18)16-11-5-3-4-9-7-15-17-12(9)11/h3-5,7-8,10H,6,14H2,1-2H3,(H,15,17)(H,16,18)/t10-/m0/s1. The number of anilines is 1. The Kier molecular flexibility index (Phi) is 3.62. The van der Waals surface area contributed by atoms with Crippen LogP contribution in [0.25, 0.3) is 10.9 Å². The van der Waals surface area contributed by atoms with E-state index in [-0.39, 0.29) is 5.91 Å². The van der Waals surface area contributed by atoms with Gasteiger partial charge in [-0.1, -0.05) is 26.0 Å². The molecule has 0 saturated heterocycles. The summed E-state index contributed by atoms with van der Waals surface area (Å²) in [5.74, 6) is 0.236. The largest absolute Gasteiger partial charge is 0.323 e. The summed E-state index contributed by atoms with van der Waals surface area (Å²) in [5, 5.41) is 10.6. The Labute approximate surface area is 106 Å². The first-order valence-electron chi connectivity index (χ1n) is 6.06. The zero-order valence-electron chi connectivity index (χ0n) is 10.6. The first kappa shape index (κ1) is 12.6. The molecule has 0 spiro atoms. The number of para-hydroxylation sites is 1. The van der Waals surface area contributed by atoms with Crippen molar-refractivity contribution >= 4 is 22.5 Å². The van der Waals surface area contributed by atoms with Crippen LogP contribution in [-0.2, 0) is 4.79 Å². The normalized spacial score (nSPS) is 12.9. The summed E-state index contributed by atoms with van der Waals surface area (Å²) in [6.45, 7) is 4.09. The van der Waals surface area contributed by atoms with Crippen molar-refractivity contribution in [2.75, 3.05) is 5.32 Å². The molecule has 18 heavy (non-hydrogen) atoms. The van der Waals surface area contributed by atoms with E-state index in [0.717, 1.165) is 10.9 Å². The highest BCUT2D eigenvalue weighted by atomic mass is 16.2. The van der Waals surface area contributed by atoms with Gasteiger partial charge in [-0.15, -0.1) is 0 Å². The van der Waals surface area contributed by atoms with Crippen molar-refractivity contribution in [3.8, 4) is 0 Å². The second-order valence-corrected chi connectivity index (χ2v) is 4.87. The molecule has 0 aliphatic rings. The van der Waals surface area contributed by atoms with Gasteiger partial charge in [0, 0.05) is 5.39 Å². The van der Waals surface area contributed by atoms with Crippen LogP contribution in [0.3, 0.4) is 0 Å². The molecule has 1 heterocycles.